The number of hydrogen-bond donors (Lipinski definition) is 1. The molecule has 4 fully saturated rings. The summed E-state index contributed by atoms with van der Waals surface area (Å²) >= 11 is 0. The zero-order chi connectivity index (χ0) is 28.0. The van der Waals surface area contributed by atoms with E-state index in [2.05, 4.69) is 20.8 Å². The van der Waals surface area contributed by atoms with Crippen LogP contribution in [0, 0.1) is 40.4 Å². The lowest BCUT2D eigenvalue weighted by atomic mass is 9.42. The van der Waals surface area contributed by atoms with E-state index in [1.165, 1.54) is 77.0 Å². The van der Waals surface area contributed by atoms with Crippen molar-refractivity contribution in [3.8, 4) is 0 Å². The van der Waals surface area contributed by atoms with Gasteiger partial charge >= 0.3 is 0 Å². The maximum absolute atomic E-state index is 12.5. The van der Waals surface area contributed by atoms with E-state index in [4.69, 9.17) is 0 Å². The molecule has 0 radical (unpaired) electrons. The fraction of sp³-hybridized carbons (Fsp3) is 0.943. The zero-order valence-electron chi connectivity index (χ0n) is 26.0. The molecule has 39 heavy (non-hydrogen) atoms. The molecule has 0 aromatic heterocycles. The van der Waals surface area contributed by atoms with Gasteiger partial charge in [0.1, 0.15) is 5.78 Å². The average molecular weight is 544 g/mol. The molecule has 0 saturated heterocycles. The number of carbonyl (C=O) groups is 2. The van der Waals surface area contributed by atoms with Crippen molar-refractivity contribution in [2.75, 3.05) is 13.6 Å². The molecule has 1 N–H and O–H groups in total. The summed E-state index contributed by atoms with van der Waals surface area (Å²) in [7, 11) is 1.95. The topological polar surface area (TPSA) is 57.6 Å². The monoisotopic (exact) mass is 543 g/mol. The number of carbonyl (C=O) groups excluding carboxylic acids is 2. The van der Waals surface area contributed by atoms with Crippen LogP contribution in [0.15, 0.2) is 0 Å². The maximum Gasteiger partial charge on any atom is 0.222 e. The van der Waals surface area contributed by atoms with E-state index in [1.54, 1.807) is 0 Å². The first-order valence-corrected chi connectivity index (χ1v) is 17.1. The lowest BCUT2D eigenvalue weighted by Gasteiger charge is -2.62. The minimum Gasteiger partial charge on any atom is -0.393 e. The smallest absolute Gasteiger partial charge is 0.222 e. The van der Waals surface area contributed by atoms with Gasteiger partial charge in [-0.25, -0.2) is 0 Å². The third-order valence-corrected chi connectivity index (χ3v) is 12.6. The lowest BCUT2D eigenvalue weighted by Crippen LogP contribution is -2.57. The highest BCUT2D eigenvalue weighted by Crippen LogP contribution is 2.67. The van der Waals surface area contributed by atoms with Crippen LogP contribution in [-0.4, -0.2) is 41.4 Å². The van der Waals surface area contributed by atoms with E-state index in [0.717, 1.165) is 69.2 Å². The highest BCUT2D eigenvalue weighted by atomic mass is 16.3. The first kappa shape index (κ1) is 31.0. The van der Waals surface area contributed by atoms with Gasteiger partial charge in [-0.2, -0.15) is 0 Å². The van der Waals surface area contributed by atoms with E-state index in [9.17, 15) is 14.7 Å². The molecule has 0 spiro atoms. The van der Waals surface area contributed by atoms with E-state index in [0.29, 0.717) is 35.4 Å². The Morgan fingerprint density at radius 2 is 1.56 bits per heavy atom. The van der Waals surface area contributed by atoms with Crippen LogP contribution in [0.5, 0.6) is 0 Å². The molecular weight excluding hydrogens is 482 g/mol. The molecule has 4 saturated carbocycles. The summed E-state index contributed by atoms with van der Waals surface area (Å²) in [6, 6.07) is 0. The molecule has 0 aliphatic heterocycles. The molecule has 4 nitrogen and oxygen atoms in total. The molecule has 8 atom stereocenters. The third-order valence-electron chi connectivity index (χ3n) is 12.6. The van der Waals surface area contributed by atoms with Crippen molar-refractivity contribution in [2.45, 2.75) is 155 Å². The fourth-order valence-corrected chi connectivity index (χ4v) is 9.94. The van der Waals surface area contributed by atoms with Crippen LogP contribution in [0.1, 0.15) is 149 Å². The fourth-order valence-electron chi connectivity index (χ4n) is 9.94. The molecule has 0 aromatic rings. The summed E-state index contributed by atoms with van der Waals surface area (Å²) in [6.45, 7) is 8.03. The third kappa shape index (κ3) is 6.95. The summed E-state index contributed by atoms with van der Waals surface area (Å²) in [5.74, 6) is 4.39. The first-order valence-electron chi connectivity index (χ1n) is 17.1. The minimum atomic E-state index is -0.109. The number of hydrogen-bond acceptors (Lipinski definition) is 3. The molecule has 1 unspecified atom stereocenters. The molecule has 0 heterocycles. The zero-order valence-corrected chi connectivity index (χ0v) is 26.0. The standard InChI is InChI=1S/C35H61NO3/c1-5-6-23-36(4)32(39)16-14-12-10-8-7-9-11-13-15-26-24-27-25-28(37)19-21-34(27,2)30-20-22-35(3)29(33(26)30)17-18-31(35)38/h26-27,29-31,33,38H,5-25H2,1-4H3/t26-,27?,29+,30+,31+,33+,34+,35+/m1/s1. The van der Waals surface area contributed by atoms with Gasteiger partial charge in [0.25, 0.3) is 0 Å². The van der Waals surface area contributed by atoms with E-state index in [1.807, 2.05) is 11.9 Å². The molecule has 4 aliphatic carbocycles. The van der Waals surface area contributed by atoms with Gasteiger partial charge in [-0.05, 0) is 91.8 Å². The number of Topliss-reactive ketones (excluding diaryl/α,β-unsaturated/α-hetero) is 1. The van der Waals surface area contributed by atoms with Crippen molar-refractivity contribution in [3.05, 3.63) is 0 Å². The molecule has 1 amide bonds. The second-order valence-electron chi connectivity index (χ2n) is 14.9. The molecule has 4 rings (SSSR count). The van der Waals surface area contributed by atoms with Gasteiger partial charge in [-0.3, -0.25) is 9.59 Å². The highest BCUT2D eigenvalue weighted by Gasteiger charge is 2.62. The van der Waals surface area contributed by atoms with E-state index < -0.39 is 0 Å². The van der Waals surface area contributed by atoms with Crippen LogP contribution in [0.4, 0.5) is 0 Å². The van der Waals surface area contributed by atoms with Gasteiger partial charge in [0, 0.05) is 32.9 Å². The van der Waals surface area contributed by atoms with Crippen LogP contribution >= 0.6 is 0 Å². The van der Waals surface area contributed by atoms with Crippen molar-refractivity contribution >= 4 is 11.7 Å². The molecule has 224 valence electrons. The van der Waals surface area contributed by atoms with Crippen LogP contribution in [0.3, 0.4) is 0 Å². The largest absolute Gasteiger partial charge is 0.393 e. The van der Waals surface area contributed by atoms with E-state index in [-0.39, 0.29) is 11.5 Å². The Bertz CT molecular complexity index is 812. The number of unbranched alkanes of at least 4 members (excludes halogenated alkanes) is 8. The normalized spacial score (nSPS) is 37.7. The molecule has 4 aliphatic rings. The lowest BCUT2D eigenvalue weighted by molar-refractivity contribution is -0.156. The Morgan fingerprint density at radius 3 is 2.28 bits per heavy atom. The number of aliphatic hydroxyl groups excluding tert-OH is 1. The number of aliphatic hydroxyl groups is 1. The van der Waals surface area contributed by atoms with Crippen molar-refractivity contribution in [3.63, 3.8) is 0 Å². The van der Waals surface area contributed by atoms with Gasteiger partial charge in [-0.15, -0.1) is 0 Å². The molecule has 0 aromatic carbocycles. The number of nitrogens with zero attached hydrogens (tertiary/aromatic N) is 1. The molecule has 0 bridgehead atoms. The maximum atomic E-state index is 12.5. The van der Waals surface area contributed by atoms with Crippen LogP contribution < -0.4 is 0 Å². The van der Waals surface area contributed by atoms with Gasteiger partial charge in [0.05, 0.1) is 6.10 Å². The van der Waals surface area contributed by atoms with Crippen molar-refractivity contribution < 1.29 is 14.7 Å². The quantitative estimate of drug-likeness (QED) is 0.224. The van der Waals surface area contributed by atoms with Gasteiger partial charge in [0.15, 0.2) is 0 Å². The van der Waals surface area contributed by atoms with E-state index >= 15 is 0 Å². The molecule has 4 heteroatoms. The highest BCUT2D eigenvalue weighted by molar-refractivity contribution is 5.79. The summed E-state index contributed by atoms with van der Waals surface area (Å²) in [5.41, 5.74) is 0.474. The second kappa shape index (κ2) is 13.8. The number of amides is 1. The Kier molecular flexibility index (Phi) is 11.0. The molecular formula is C35H61NO3. The summed E-state index contributed by atoms with van der Waals surface area (Å²) in [5, 5.41) is 11.0. The van der Waals surface area contributed by atoms with Gasteiger partial charge in [-0.1, -0.05) is 78.6 Å². The Morgan fingerprint density at radius 1 is 0.897 bits per heavy atom. The minimum absolute atomic E-state index is 0.109. The first-order chi connectivity index (χ1) is 18.7. The SMILES string of the molecule is CCCCN(C)C(=O)CCCCCCCCCC[C@@H]1CC2CC(=O)CC[C@]2(C)[C@H]2CC[C@]3(C)[C@@H](O)CC[C@H]3[C@H]12. The van der Waals surface area contributed by atoms with Crippen molar-refractivity contribution in [1.82, 2.24) is 4.90 Å². The van der Waals surface area contributed by atoms with Crippen molar-refractivity contribution in [2.24, 2.45) is 40.4 Å². The Hall–Kier alpha value is -0.900. The van der Waals surface area contributed by atoms with Crippen LogP contribution in [0.25, 0.3) is 0 Å². The number of fused-ring (bicyclic) bond motifs is 5. The average Bonchev–Trinajstić information content (AvgIpc) is 3.22. The number of ketones is 1. The summed E-state index contributed by atoms with van der Waals surface area (Å²) < 4.78 is 0. The predicted molar refractivity (Wildman–Crippen MR) is 160 cm³/mol. The predicted octanol–water partition coefficient (Wildman–Crippen LogP) is 8.34. The Balaban J connectivity index is 1.19. The second-order valence-corrected chi connectivity index (χ2v) is 14.9. The summed E-state index contributed by atoms with van der Waals surface area (Å²) in [4.78, 5) is 26.6. The van der Waals surface area contributed by atoms with Crippen LogP contribution in [0.2, 0.25) is 0 Å². The van der Waals surface area contributed by atoms with Gasteiger partial charge in [0.2, 0.25) is 5.91 Å². The van der Waals surface area contributed by atoms with Crippen molar-refractivity contribution in [1.29, 1.82) is 0 Å². The summed E-state index contributed by atoms with van der Waals surface area (Å²) in [6.07, 6.45) is 23.0. The van der Waals surface area contributed by atoms with Crippen LogP contribution in [-0.2, 0) is 9.59 Å². The Labute approximate surface area is 240 Å². The van der Waals surface area contributed by atoms with Gasteiger partial charge < -0.3 is 10.0 Å². The number of rotatable bonds is 14.